The predicted molar refractivity (Wildman–Crippen MR) is 70.4 cm³/mol. The van der Waals surface area contributed by atoms with E-state index in [1.165, 1.54) is 0 Å². The van der Waals surface area contributed by atoms with Crippen LogP contribution in [0.5, 0.6) is 6.01 Å². The molecule has 1 aromatic heterocycles. The summed E-state index contributed by atoms with van der Waals surface area (Å²) in [6.45, 7) is 9.13. The van der Waals surface area contributed by atoms with Crippen molar-refractivity contribution in [1.82, 2.24) is 15.0 Å². The molecule has 0 unspecified atom stereocenters. The number of halogens is 1. The third kappa shape index (κ3) is 4.62. The van der Waals surface area contributed by atoms with Crippen molar-refractivity contribution in [3.63, 3.8) is 0 Å². The highest BCUT2D eigenvalue weighted by atomic mass is 35.5. The molecule has 0 saturated heterocycles. The molecule has 0 aliphatic carbocycles. The van der Waals surface area contributed by atoms with Gasteiger partial charge in [0.2, 0.25) is 11.2 Å². The van der Waals surface area contributed by atoms with Crippen LogP contribution >= 0.6 is 11.6 Å². The van der Waals surface area contributed by atoms with Crippen LogP contribution in [-0.4, -0.2) is 47.9 Å². The van der Waals surface area contributed by atoms with Crippen LogP contribution in [-0.2, 0) is 4.74 Å². The molecule has 0 saturated carbocycles. The van der Waals surface area contributed by atoms with E-state index in [2.05, 4.69) is 15.0 Å². The molecule has 0 spiro atoms. The Morgan fingerprint density at radius 3 is 2.39 bits per heavy atom. The Bertz CT molecular complexity index is 361. The van der Waals surface area contributed by atoms with E-state index in [0.717, 1.165) is 13.1 Å². The molecule has 0 fully saturated rings. The van der Waals surface area contributed by atoms with Crippen LogP contribution in [0.2, 0.25) is 5.28 Å². The Hall–Kier alpha value is -1.14. The van der Waals surface area contributed by atoms with Gasteiger partial charge in [-0.1, -0.05) is 0 Å². The maximum atomic E-state index is 5.85. The minimum absolute atomic E-state index is 0.137. The highest BCUT2D eigenvalue weighted by Crippen LogP contribution is 2.14. The second-order valence-electron chi connectivity index (χ2n) is 3.40. The molecular formula is C11H19ClN4O2. The lowest BCUT2D eigenvalue weighted by atomic mass is 10.5. The fraction of sp³-hybridized carbons (Fsp3) is 0.727. The minimum atomic E-state index is 0.137. The van der Waals surface area contributed by atoms with Gasteiger partial charge in [0.1, 0.15) is 6.61 Å². The van der Waals surface area contributed by atoms with Gasteiger partial charge in [-0.25, -0.2) is 0 Å². The third-order valence-electron chi connectivity index (χ3n) is 2.29. The van der Waals surface area contributed by atoms with E-state index in [1.807, 2.05) is 25.7 Å². The third-order valence-corrected chi connectivity index (χ3v) is 2.45. The van der Waals surface area contributed by atoms with Crippen molar-refractivity contribution in [2.45, 2.75) is 20.8 Å². The number of ether oxygens (including phenoxy) is 2. The van der Waals surface area contributed by atoms with Gasteiger partial charge in [0, 0.05) is 19.7 Å². The van der Waals surface area contributed by atoms with Crippen LogP contribution in [0.25, 0.3) is 0 Å². The standard InChI is InChI=1S/C11H19ClN4O2/c1-4-16(5-2)10-13-9(12)14-11(15-10)18-8-7-17-6-3/h4-8H2,1-3H3. The molecule has 18 heavy (non-hydrogen) atoms. The van der Waals surface area contributed by atoms with E-state index in [1.54, 1.807) is 0 Å². The van der Waals surface area contributed by atoms with E-state index >= 15 is 0 Å². The molecule has 6 nitrogen and oxygen atoms in total. The van der Waals surface area contributed by atoms with Gasteiger partial charge in [-0.2, -0.15) is 15.0 Å². The smallest absolute Gasteiger partial charge is 0.322 e. The molecule has 0 aliphatic rings. The van der Waals surface area contributed by atoms with Crippen molar-refractivity contribution in [1.29, 1.82) is 0 Å². The minimum Gasteiger partial charge on any atom is -0.461 e. The molecule has 0 bridgehead atoms. The van der Waals surface area contributed by atoms with Crippen LogP contribution in [0, 0.1) is 0 Å². The summed E-state index contributed by atoms with van der Waals surface area (Å²) < 4.78 is 10.5. The van der Waals surface area contributed by atoms with Crippen LogP contribution in [0.1, 0.15) is 20.8 Å². The molecule has 102 valence electrons. The normalized spacial score (nSPS) is 10.4. The van der Waals surface area contributed by atoms with E-state index in [-0.39, 0.29) is 11.3 Å². The fourth-order valence-corrected chi connectivity index (χ4v) is 1.52. The quantitative estimate of drug-likeness (QED) is 0.674. The Morgan fingerprint density at radius 1 is 1.06 bits per heavy atom. The molecule has 7 heteroatoms. The Labute approximate surface area is 112 Å². The van der Waals surface area contributed by atoms with E-state index in [9.17, 15) is 0 Å². The predicted octanol–water partition coefficient (Wildman–Crippen LogP) is 1.79. The number of hydrogen-bond acceptors (Lipinski definition) is 6. The summed E-state index contributed by atoms with van der Waals surface area (Å²) in [7, 11) is 0. The van der Waals surface area contributed by atoms with Gasteiger partial charge in [0.05, 0.1) is 6.61 Å². The average Bonchev–Trinajstić information content (AvgIpc) is 2.36. The SMILES string of the molecule is CCOCCOc1nc(Cl)nc(N(CC)CC)n1. The lowest BCUT2D eigenvalue weighted by Crippen LogP contribution is -2.24. The first-order valence-electron chi connectivity index (χ1n) is 6.08. The number of rotatable bonds is 8. The lowest BCUT2D eigenvalue weighted by Gasteiger charge is -2.18. The number of anilines is 1. The summed E-state index contributed by atoms with van der Waals surface area (Å²) in [5, 5.41) is 0.137. The molecule has 0 N–H and O–H groups in total. The summed E-state index contributed by atoms with van der Waals surface area (Å²) in [5.41, 5.74) is 0. The highest BCUT2D eigenvalue weighted by Gasteiger charge is 2.10. The summed E-state index contributed by atoms with van der Waals surface area (Å²) in [6.07, 6.45) is 0. The maximum absolute atomic E-state index is 5.85. The van der Waals surface area contributed by atoms with Gasteiger partial charge in [0.25, 0.3) is 0 Å². The first kappa shape index (κ1) is 14.9. The van der Waals surface area contributed by atoms with Crippen LogP contribution < -0.4 is 9.64 Å². The van der Waals surface area contributed by atoms with Crippen molar-refractivity contribution in [3.05, 3.63) is 5.28 Å². The average molecular weight is 275 g/mol. The van der Waals surface area contributed by atoms with Crippen LogP contribution in [0.4, 0.5) is 5.95 Å². The zero-order valence-electron chi connectivity index (χ0n) is 11.0. The van der Waals surface area contributed by atoms with Gasteiger partial charge in [-0.15, -0.1) is 0 Å². The number of hydrogen-bond donors (Lipinski definition) is 0. The lowest BCUT2D eigenvalue weighted by molar-refractivity contribution is 0.106. The highest BCUT2D eigenvalue weighted by molar-refractivity contribution is 6.28. The molecule has 1 heterocycles. The van der Waals surface area contributed by atoms with E-state index in [4.69, 9.17) is 21.1 Å². The second kappa shape index (κ2) is 8.05. The second-order valence-corrected chi connectivity index (χ2v) is 3.74. The molecular weight excluding hydrogens is 256 g/mol. The van der Waals surface area contributed by atoms with Crippen molar-refractivity contribution in [3.8, 4) is 6.01 Å². The Morgan fingerprint density at radius 2 is 1.78 bits per heavy atom. The van der Waals surface area contributed by atoms with Gasteiger partial charge >= 0.3 is 6.01 Å². The number of nitrogens with zero attached hydrogens (tertiary/aromatic N) is 4. The summed E-state index contributed by atoms with van der Waals surface area (Å²) in [5.74, 6) is 0.534. The van der Waals surface area contributed by atoms with Crippen LogP contribution in [0.3, 0.4) is 0 Å². The molecule has 0 aliphatic heterocycles. The van der Waals surface area contributed by atoms with Crippen molar-refractivity contribution in [2.24, 2.45) is 0 Å². The first-order valence-corrected chi connectivity index (χ1v) is 6.46. The van der Waals surface area contributed by atoms with E-state index in [0.29, 0.717) is 25.8 Å². The zero-order chi connectivity index (χ0) is 13.4. The first-order chi connectivity index (χ1) is 8.71. The summed E-state index contributed by atoms with van der Waals surface area (Å²) in [4.78, 5) is 14.2. The number of aromatic nitrogens is 3. The Kier molecular flexibility index (Phi) is 6.67. The molecule has 0 atom stereocenters. The summed E-state index contributed by atoms with van der Waals surface area (Å²) in [6, 6.07) is 0.233. The van der Waals surface area contributed by atoms with Gasteiger partial charge in [0.15, 0.2) is 0 Å². The van der Waals surface area contributed by atoms with Crippen molar-refractivity contribution < 1.29 is 9.47 Å². The molecule has 0 aromatic carbocycles. The molecule has 0 radical (unpaired) electrons. The topological polar surface area (TPSA) is 60.4 Å². The van der Waals surface area contributed by atoms with Crippen LogP contribution in [0.15, 0.2) is 0 Å². The maximum Gasteiger partial charge on any atom is 0.322 e. The largest absolute Gasteiger partial charge is 0.461 e. The molecule has 1 aromatic rings. The van der Waals surface area contributed by atoms with E-state index < -0.39 is 0 Å². The van der Waals surface area contributed by atoms with Crippen molar-refractivity contribution >= 4 is 17.5 Å². The van der Waals surface area contributed by atoms with Crippen molar-refractivity contribution in [2.75, 3.05) is 37.8 Å². The van der Waals surface area contributed by atoms with Gasteiger partial charge in [-0.05, 0) is 32.4 Å². The summed E-state index contributed by atoms with van der Waals surface area (Å²) >= 11 is 5.85. The molecule has 0 amide bonds. The monoisotopic (exact) mass is 274 g/mol. The fourth-order valence-electron chi connectivity index (χ4n) is 1.37. The zero-order valence-corrected chi connectivity index (χ0v) is 11.8. The Balaban J connectivity index is 2.68. The van der Waals surface area contributed by atoms with Gasteiger partial charge in [-0.3, -0.25) is 0 Å². The van der Waals surface area contributed by atoms with Gasteiger partial charge < -0.3 is 14.4 Å². The molecule has 1 rings (SSSR count).